The summed E-state index contributed by atoms with van der Waals surface area (Å²) in [5.41, 5.74) is 1.74. The Morgan fingerprint density at radius 3 is 2.60 bits per heavy atom. The van der Waals surface area contributed by atoms with Crippen molar-refractivity contribution in [1.82, 2.24) is 4.90 Å². The summed E-state index contributed by atoms with van der Waals surface area (Å²) in [4.78, 5) is 2.14. The molecule has 0 heterocycles. The third-order valence-corrected chi connectivity index (χ3v) is 3.88. The summed E-state index contributed by atoms with van der Waals surface area (Å²) in [6.45, 7) is 9.91. The smallest absolute Gasteiger partial charge is 0.134 e. The monoisotopic (exact) mass is 341 g/mol. The molecule has 0 bridgehead atoms. The summed E-state index contributed by atoms with van der Waals surface area (Å²) in [6.07, 6.45) is 2.71. The van der Waals surface area contributed by atoms with Crippen LogP contribution in [0.4, 0.5) is 4.39 Å². The number of nitrogens with zero attached hydrogens (tertiary/aromatic N) is 1. The minimum atomic E-state index is -0.376. The summed E-state index contributed by atoms with van der Waals surface area (Å²) in [7, 11) is 2.02. The number of halogens is 1. The predicted molar refractivity (Wildman–Crippen MR) is 100 cm³/mol. The van der Waals surface area contributed by atoms with Gasteiger partial charge in [-0.1, -0.05) is 24.8 Å². The molecule has 0 aliphatic carbocycles. The van der Waals surface area contributed by atoms with Crippen LogP contribution in [-0.2, 0) is 0 Å². The number of phenols is 1. The zero-order valence-electron chi connectivity index (χ0n) is 14.5. The molecule has 3 nitrogen and oxygen atoms in total. The molecule has 0 fully saturated rings. The van der Waals surface area contributed by atoms with Crippen molar-refractivity contribution in [3.05, 3.63) is 78.6 Å². The van der Waals surface area contributed by atoms with Crippen LogP contribution in [0.15, 0.2) is 61.7 Å². The summed E-state index contributed by atoms with van der Waals surface area (Å²) >= 11 is 0. The van der Waals surface area contributed by atoms with Gasteiger partial charge in [-0.3, -0.25) is 0 Å². The first-order chi connectivity index (χ1) is 12.0. The van der Waals surface area contributed by atoms with E-state index < -0.39 is 0 Å². The third-order valence-electron chi connectivity index (χ3n) is 3.88. The molecule has 0 spiro atoms. The van der Waals surface area contributed by atoms with Gasteiger partial charge in [0.1, 0.15) is 17.3 Å². The number of phenolic OH excluding ortho intramolecular Hbond substituents is 1. The van der Waals surface area contributed by atoms with Gasteiger partial charge in [0.2, 0.25) is 0 Å². The van der Waals surface area contributed by atoms with Crippen LogP contribution in [0.2, 0.25) is 0 Å². The first kappa shape index (κ1) is 18.7. The lowest BCUT2D eigenvalue weighted by atomic mass is 9.99. The maximum absolute atomic E-state index is 14.4. The highest BCUT2D eigenvalue weighted by molar-refractivity contribution is 5.78. The maximum Gasteiger partial charge on any atom is 0.134 e. The fourth-order valence-electron chi connectivity index (χ4n) is 2.48. The topological polar surface area (TPSA) is 32.7 Å². The minimum Gasteiger partial charge on any atom is -0.508 e. The van der Waals surface area contributed by atoms with Crippen LogP contribution in [0, 0.1) is 5.82 Å². The molecule has 132 valence electrons. The summed E-state index contributed by atoms with van der Waals surface area (Å²) in [5, 5.41) is 9.34. The average molecular weight is 341 g/mol. The van der Waals surface area contributed by atoms with Crippen molar-refractivity contribution >= 4 is 5.57 Å². The maximum atomic E-state index is 14.4. The molecule has 25 heavy (non-hydrogen) atoms. The minimum absolute atomic E-state index is 0.166. The highest BCUT2D eigenvalue weighted by Gasteiger charge is 2.10. The SMILES string of the molecule is C=CCN(C)CCCOc1ccc(C(=C)c2ccc(O)cc2)c(F)c1. The second-order valence-electron chi connectivity index (χ2n) is 5.92. The van der Waals surface area contributed by atoms with Gasteiger partial charge in [0, 0.05) is 24.7 Å². The first-order valence-electron chi connectivity index (χ1n) is 8.21. The Morgan fingerprint density at radius 2 is 1.96 bits per heavy atom. The van der Waals surface area contributed by atoms with Crippen molar-refractivity contribution in [2.24, 2.45) is 0 Å². The fraction of sp³-hybridized carbons (Fsp3) is 0.238. The van der Waals surface area contributed by atoms with E-state index in [1.165, 1.54) is 6.07 Å². The molecule has 0 aliphatic rings. The fourth-order valence-corrected chi connectivity index (χ4v) is 2.48. The lowest BCUT2D eigenvalue weighted by Gasteiger charge is -2.14. The van der Waals surface area contributed by atoms with Gasteiger partial charge in [-0.2, -0.15) is 0 Å². The molecule has 0 saturated carbocycles. The van der Waals surface area contributed by atoms with Crippen molar-refractivity contribution < 1.29 is 14.2 Å². The second kappa shape index (κ2) is 9.04. The number of likely N-dealkylation sites (N-methyl/N-ethyl adjacent to an activating group) is 1. The first-order valence-corrected chi connectivity index (χ1v) is 8.21. The average Bonchev–Trinajstić information content (AvgIpc) is 2.59. The Morgan fingerprint density at radius 1 is 1.24 bits per heavy atom. The summed E-state index contributed by atoms with van der Waals surface area (Å²) < 4.78 is 20.0. The molecule has 0 atom stereocenters. The molecule has 0 aromatic heterocycles. The Hall–Kier alpha value is -2.59. The molecule has 0 saturated heterocycles. The van der Waals surface area contributed by atoms with Crippen LogP contribution in [0.1, 0.15) is 17.5 Å². The Balaban J connectivity index is 1.94. The lowest BCUT2D eigenvalue weighted by Crippen LogP contribution is -2.21. The summed E-state index contributed by atoms with van der Waals surface area (Å²) in [5.74, 6) is 0.296. The van der Waals surface area contributed by atoms with Gasteiger partial charge in [0.05, 0.1) is 6.61 Å². The normalized spacial score (nSPS) is 10.7. The van der Waals surface area contributed by atoms with Crippen molar-refractivity contribution in [2.45, 2.75) is 6.42 Å². The van der Waals surface area contributed by atoms with Crippen LogP contribution >= 0.6 is 0 Å². The molecule has 2 aromatic rings. The van der Waals surface area contributed by atoms with Crippen LogP contribution in [0.5, 0.6) is 11.5 Å². The van der Waals surface area contributed by atoms with Crippen molar-refractivity contribution in [1.29, 1.82) is 0 Å². The number of ether oxygens (including phenoxy) is 1. The van der Waals surface area contributed by atoms with Gasteiger partial charge in [0.15, 0.2) is 0 Å². The van der Waals surface area contributed by atoms with Gasteiger partial charge < -0.3 is 14.7 Å². The summed E-state index contributed by atoms with van der Waals surface area (Å²) in [6, 6.07) is 11.3. The van der Waals surface area contributed by atoms with E-state index in [1.807, 2.05) is 13.1 Å². The molecule has 4 heteroatoms. The molecule has 2 rings (SSSR count). The largest absolute Gasteiger partial charge is 0.508 e. The molecule has 0 aliphatic heterocycles. The van der Waals surface area contributed by atoms with E-state index in [9.17, 15) is 9.50 Å². The molecule has 0 amide bonds. The van der Waals surface area contributed by atoms with E-state index in [0.29, 0.717) is 23.5 Å². The molecule has 0 unspecified atom stereocenters. The predicted octanol–water partition coefficient (Wildman–Crippen LogP) is 4.48. The van der Waals surface area contributed by atoms with E-state index in [1.54, 1.807) is 36.4 Å². The van der Waals surface area contributed by atoms with E-state index in [4.69, 9.17) is 4.74 Å². The van der Waals surface area contributed by atoms with Gasteiger partial charge in [-0.05, 0) is 48.9 Å². The van der Waals surface area contributed by atoms with Gasteiger partial charge in [-0.15, -0.1) is 6.58 Å². The molecular formula is C21H24FNO2. The second-order valence-corrected chi connectivity index (χ2v) is 5.92. The van der Waals surface area contributed by atoms with Crippen molar-refractivity contribution in [3.8, 4) is 11.5 Å². The quantitative estimate of drug-likeness (QED) is 0.539. The van der Waals surface area contributed by atoms with E-state index in [0.717, 1.165) is 25.1 Å². The highest BCUT2D eigenvalue weighted by atomic mass is 19.1. The van der Waals surface area contributed by atoms with Crippen LogP contribution in [-0.4, -0.2) is 36.8 Å². The molecule has 1 N–H and O–H groups in total. The zero-order valence-corrected chi connectivity index (χ0v) is 14.5. The van der Waals surface area contributed by atoms with E-state index >= 15 is 0 Å². The number of benzene rings is 2. The van der Waals surface area contributed by atoms with Gasteiger partial charge in [0.25, 0.3) is 0 Å². The number of aromatic hydroxyl groups is 1. The van der Waals surface area contributed by atoms with Crippen molar-refractivity contribution in [3.63, 3.8) is 0 Å². The van der Waals surface area contributed by atoms with Gasteiger partial charge in [-0.25, -0.2) is 4.39 Å². The lowest BCUT2D eigenvalue weighted by molar-refractivity contribution is 0.272. The Bertz CT molecular complexity index is 725. The number of hydrogen-bond acceptors (Lipinski definition) is 3. The van der Waals surface area contributed by atoms with Crippen LogP contribution < -0.4 is 4.74 Å². The van der Waals surface area contributed by atoms with E-state index in [2.05, 4.69) is 18.1 Å². The van der Waals surface area contributed by atoms with Crippen molar-refractivity contribution in [2.75, 3.05) is 26.7 Å². The number of hydrogen-bond donors (Lipinski definition) is 1. The molecule has 0 radical (unpaired) electrons. The Kier molecular flexibility index (Phi) is 6.78. The molecular weight excluding hydrogens is 317 g/mol. The highest BCUT2D eigenvalue weighted by Crippen LogP contribution is 2.27. The standard InChI is InChI=1S/C21H24FNO2/c1-4-12-23(3)13-5-14-25-19-10-11-20(21(22)15-19)16(2)17-6-8-18(24)9-7-17/h4,6-11,15,24H,1-2,5,12-14H2,3H3. The van der Waals surface area contributed by atoms with E-state index in [-0.39, 0.29) is 11.6 Å². The zero-order chi connectivity index (χ0) is 18.2. The number of rotatable bonds is 9. The Labute approximate surface area is 148 Å². The third kappa shape index (κ3) is 5.47. The van der Waals surface area contributed by atoms with Gasteiger partial charge >= 0.3 is 0 Å². The molecule has 2 aromatic carbocycles. The van der Waals surface area contributed by atoms with Crippen LogP contribution in [0.3, 0.4) is 0 Å². The van der Waals surface area contributed by atoms with Crippen LogP contribution in [0.25, 0.3) is 5.57 Å².